The largest absolute Gasteiger partial charge is 0.480 e. The van der Waals surface area contributed by atoms with Crippen LogP contribution in [0.2, 0.25) is 0 Å². The van der Waals surface area contributed by atoms with Crippen molar-refractivity contribution in [3.05, 3.63) is 0 Å². The number of aliphatic hydroxyl groups is 1. The summed E-state index contributed by atoms with van der Waals surface area (Å²) < 4.78 is 26.0. The Hall–Kier alpha value is -1.03. The van der Waals surface area contributed by atoms with E-state index in [1.54, 1.807) is 0 Å². The summed E-state index contributed by atoms with van der Waals surface area (Å²) in [5.74, 6) is -1.92. The molecule has 10 nitrogen and oxygen atoms in total. The van der Waals surface area contributed by atoms with Gasteiger partial charge in [-0.25, -0.2) is 4.57 Å². The van der Waals surface area contributed by atoms with Crippen LogP contribution in [0, 0.1) is 0 Å². The topological polar surface area (TPSA) is 166 Å². The number of carbonyl (C=O) groups is 2. The van der Waals surface area contributed by atoms with Crippen molar-refractivity contribution < 1.29 is 43.0 Å². The van der Waals surface area contributed by atoms with Gasteiger partial charge < -0.3 is 25.6 Å². The molecule has 0 aromatic carbocycles. The number of esters is 1. The fraction of sp³-hybridized carbons (Fsp3) is 0.938. The predicted molar refractivity (Wildman–Crippen MR) is 171 cm³/mol. The minimum atomic E-state index is -4.60. The van der Waals surface area contributed by atoms with Crippen molar-refractivity contribution in [2.75, 3.05) is 19.8 Å². The maximum absolute atomic E-state index is 12.0. The number of carboxylic acid groups (broad SMARTS) is 1. The molecule has 0 radical (unpaired) electrons. The van der Waals surface area contributed by atoms with Gasteiger partial charge in [-0.15, -0.1) is 0 Å². The van der Waals surface area contributed by atoms with Crippen LogP contribution in [0.15, 0.2) is 0 Å². The molecule has 0 rings (SSSR count). The lowest BCUT2D eigenvalue weighted by molar-refractivity contribution is -0.153. The van der Waals surface area contributed by atoms with E-state index in [1.807, 2.05) is 0 Å². The first-order chi connectivity index (χ1) is 20.7. The van der Waals surface area contributed by atoms with Crippen LogP contribution < -0.4 is 5.73 Å². The molecule has 0 spiro atoms. The molecule has 0 heterocycles. The molecule has 3 atom stereocenters. The Labute approximate surface area is 261 Å². The Balaban J connectivity index is 3.50. The summed E-state index contributed by atoms with van der Waals surface area (Å²) >= 11 is 0. The number of phosphoric acid groups is 1. The summed E-state index contributed by atoms with van der Waals surface area (Å²) in [7, 11) is -4.60. The smallest absolute Gasteiger partial charge is 0.472 e. The maximum atomic E-state index is 12.0. The minimum Gasteiger partial charge on any atom is -0.480 e. The molecule has 43 heavy (non-hydrogen) atoms. The summed E-state index contributed by atoms with van der Waals surface area (Å²) in [6.45, 7) is 0.375. The zero-order valence-electron chi connectivity index (χ0n) is 27.1. The number of nitrogens with two attached hydrogens (primary N) is 1. The number of ether oxygens (including phenoxy) is 1. The first kappa shape index (κ1) is 42.0. The second-order valence-corrected chi connectivity index (χ2v) is 13.3. The van der Waals surface area contributed by atoms with Gasteiger partial charge in [-0.3, -0.25) is 18.6 Å². The highest BCUT2D eigenvalue weighted by atomic mass is 31.2. The third kappa shape index (κ3) is 29.4. The number of carbonyl (C=O) groups excluding carboxylic acids is 1. The van der Waals surface area contributed by atoms with Gasteiger partial charge in [-0.05, 0) is 6.42 Å². The van der Waals surface area contributed by atoms with E-state index in [2.05, 4.69) is 16.0 Å². The van der Waals surface area contributed by atoms with E-state index in [4.69, 9.17) is 15.6 Å². The van der Waals surface area contributed by atoms with Crippen LogP contribution >= 0.6 is 7.82 Å². The molecular formula is C32H64NO9P. The molecule has 0 saturated heterocycles. The highest BCUT2D eigenvalue weighted by Crippen LogP contribution is 2.43. The molecule has 11 heteroatoms. The molecular weight excluding hydrogens is 573 g/mol. The molecule has 0 aliphatic carbocycles. The number of aliphatic carboxylic acids is 1. The summed E-state index contributed by atoms with van der Waals surface area (Å²) in [6.07, 6.45) is 29.0. The van der Waals surface area contributed by atoms with Gasteiger partial charge in [0.05, 0.1) is 19.8 Å². The summed E-state index contributed by atoms with van der Waals surface area (Å²) in [4.78, 5) is 32.2. The van der Waals surface area contributed by atoms with E-state index in [0.717, 1.165) is 19.3 Å². The van der Waals surface area contributed by atoms with E-state index in [-0.39, 0.29) is 6.42 Å². The Morgan fingerprint density at radius 3 is 1.35 bits per heavy atom. The summed E-state index contributed by atoms with van der Waals surface area (Å²) in [6, 6.07) is -1.49. The standard InChI is InChI=1S/C32H64NO9P/c1-2-3-4-5-6-7-8-9-10-11-12-13-14-15-16-17-18-19-20-21-22-23-24-25-31(35)42-29(26-34)27-40-43(38,39)41-28-30(33)32(36)37/h29-30,34H,2-28,33H2,1H3,(H,36,37)(H,38,39)/t29-,30+/m1/s1. The highest BCUT2D eigenvalue weighted by Gasteiger charge is 2.27. The van der Waals surface area contributed by atoms with Crippen LogP contribution in [0.4, 0.5) is 0 Å². The van der Waals surface area contributed by atoms with Crippen LogP contribution in [0.25, 0.3) is 0 Å². The number of unbranched alkanes of at least 4 members (excludes halogenated alkanes) is 22. The molecule has 0 aromatic rings. The number of hydrogen-bond acceptors (Lipinski definition) is 8. The van der Waals surface area contributed by atoms with E-state index >= 15 is 0 Å². The van der Waals surface area contributed by atoms with Crippen molar-refractivity contribution in [3.8, 4) is 0 Å². The lowest BCUT2D eigenvalue weighted by Gasteiger charge is -2.18. The van der Waals surface area contributed by atoms with E-state index in [9.17, 15) is 24.2 Å². The van der Waals surface area contributed by atoms with Gasteiger partial charge in [0.15, 0.2) is 0 Å². The van der Waals surface area contributed by atoms with Crippen LogP contribution in [-0.4, -0.2) is 59.0 Å². The van der Waals surface area contributed by atoms with Crippen molar-refractivity contribution in [3.63, 3.8) is 0 Å². The number of aliphatic hydroxyl groups excluding tert-OH is 1. The highest BCUT2D eigenvalue weighted by molar-refractivity contribution is 7.47. The van der Waals surface area contributed by atoms with Crippen LogP contribution in [-0.2, 0) is 27.9 Å². The zero-order chi connectivity index (χ0) is 32.0. The van der Waals surface area contributed by atoms with Gasteiger partial charge in [0.1, 0.15) is 12.1 Å². The van der Waals surface area contributed by atoms with Crippen molar-refractivity contribution in [1.82, 2.24) is 0 Å². The Morgan fingerprint density at radius 2 is 1.00 bits per heavy atom. The average Bonchev–Trinajstić information content (AvgIpc) is 2.98. The van der Waals surface area contributed by atoms with Gasteiger partial charge in [0.2, 0.25) is 0 Å². The molecule has 0 saturated carbocycles. The first-order valence-corrected chi connectivity index (χ1v) is 18.6. The van der Waals surface area contributed by atoms with E-state index in [1.165, 1.54) is 122 Å². The molecule has 0 bridgehead atoms. The third-order valence-corrected chi connectivity index (χ3v) is 8.59. The third-order valence-electron chi connectivity index (χ3n) is 7.64. The van der Waals surface area contributed by atoms with Gasteiger partial charge in [0.25, 0.3) is 0 Å². The molecule has 0 aliphatic rings. The number of hydrogen-bond donors (Lipinski definition) is 4. The molecule has 0 aliphatic heterocycles. The molecule has 1 unspecified atom stereocenters. The Bertz CT molecular complexity index is 710. The van der Waals surface area contributed by atoms with Crippen LogP contribution in [0.1, 0.15) is 161 Å². The van der Waals surface area contributed by atoms with E-state index < -0.39 is 51.7 Å². The van der Waals surface area contributed by atoms with Crippen molar-refractivity contribution >= 4 is 19.8 Å². The van der Waals surface area contributed by atoms with Gasteiger partial charge in [0, 0.05) is 6.42 Å². The second-order valence-electron chi connectivity index (χ2n) is 11.8. The molecule has 5 N–H and O–H groups in total. The maximum Gasteiger partial charge on any atom is 0.472 e. The Kier molecular flexibility index (Phi) is 29.0. The van der Waals surface area contributed by atoms with Crippen molar-refractivity contribution in [2.45, 2.75) is 173 Å². The fourth-order valence-electron chi connectivity index (χ4n) is 4.88. The number of rotatable bonds is 33. The van der Waals surface area contributed by atoms with Crippen molar-refractivity contribution in [1.29, 1.82) is 0 Å². The summed E-state index contributed by atoms with van der Waals surface area (Å²) in [5.41, 5.74) is 5.20. The molecule has 0 amide bonds. The lowest BCUT2D eigenvalue weighted by atomic mass is 10.0. The minimum absolute atomic E-state index is 0.191. The molecule has 256 valence electrons. The van der Waals surface area contributed by atoms with Gasteiger partial charge >= 0.3 is 19.8 Å². The first-order valence-electron chi connectivity index (χ1n) is 17.1. The summed E-state index contributed by atoms with van der Waals surface area (Å²) in [5, 5.41) is 18.0. The van der Waals surface area contributed by atoms with Gasteiger partial charge in [-0.1, -0.05) is 148 Å². The van der Waals surface area contributed by atoms with Crippen LogP contribution in [0.5, 0.6) is 0 Å². The molecule has 0 fully saturated rings. The number of carboxylic acids is 1. The van der Waals surface area contributed by atoms with Crippen molar-refractivity contribution in [2.24, 2.45) is 5.73 Å². The average molecular weight is 638 g/mol. The number of phosphoric ester groups is 1. The predicted octanol–water partition coefficient (Wildman–Crippen LogP) is 7.82. The monoisotopic (exact) mass is 637 g/mol. The SMILES string of the molecule is CCCCCCCCCCCCCCCCCCCCCCCCCC(=O)O[C@H](CO)COP(=O)(O)OC[C@H](N)C(=O)O. The lowest BCUT2D eigenvalue weighted by Crippen LogP contribution is -2.34. The Morgan fingerprint density at radius 1 is 0.651 bits per heavy atom. The quantitative estimate of drug-likeness (QED) is 0.0316. The van der Waals surface area contributed by atoms with E-state index in [0.29, 0.717) is 6.42 Å². The normalized spacial score (nSPS) is 14.3. The van der Waals surface area contributed by atoms with Crippen LogP contribution in [0.3, 0.4) is 0 Å². The fourth-order valence-corrected chi connectivity index (χ4v) is 5.66. The second kappa shape index (κ2) is 29.7. The molecule has 0 aromatic heterocycles. The van der Waals surface area contributed by atoms with Gasteiger partial charge in [-0.2, -0.15) is 0 Å². The zero-order valence-corrected chi connectivity index (χ0v) is 28.0.